The van der Waals surface area contributed by atoms with Crippen LogP contribution in [0.2, 0.25) is 0 Å². The second-order valence-corrected chi connectivity index (χ2v) is 5.72. The maximum absolute atomic E-state index is 12.2. The van der Waals surface area contributed by atoms with E-state index in [9.17, 15) is 4.79 Å². The summed E-state index contributed by atoms with van der Waals surface area (Å²) in [6.45, 7) is 8.83. The average Bonchev–Trinajstić information content (AvgIpc) is 2.94. The highest BCUT2D eigenvalue weighted by molar-refractivity contribution is 5.79. The molecule has 3 heteroatoms. The zero-order chi connectivity index (χ0) is 14.5. The second-order valence-electron chi connectivity index (χ2n) is 5.72. The van der Waals surface area contributed by atoms with Crippen LogP contribution < -0.4 is 4.74 Å². The summed E-state index contributed by atoms with van der Waals surface area (Å²) in [7, 11) is 0. The Labute approximate surface area is 121 Å². The third-order valence-corrected chi connectivity index (χ3v) is 3.81. The van der Waals surface area contributed by atoms with Gasteiger partial charge in [0.25, 0.3) is 0 Å². The summed E-state index contributed by atoms with van der Waals surface area (Å²) in [6.07, 6.45) is 2.80. The molecule has 0 saturated carbocycles. The van der Waals surface area contributed by atoms with Crippen molar-refractivity contribution in [2.45, 2.75) is 46.0 Å². The van der Waals surface area contributed by atoms with Gasteiger partial charge in [-0.1, -0.05) is 26.0 Å². The molecule has 1 heterocycles. The van der Waals surface area contributed by atoms with Crippen LogP contribution in [0.5, 0.6) is 5.75 Å². The number of hydrogen-bond donors (Lipinski definition) is 0. The molecular formula is C17H25NO2. The number of amides is 1. The van der Waals surface area contributed by atoms with Crippen molar-refractivity contribution in [2.24, 2.45) is 0 Å². The first-order chi connectivity index (χ1) is 9.61. The zero-order valence-corrected chi connectivity index (χ0v) is 12.8. The molecule has 20 heavy (non-hydrogen) atoms. The summed E-state index contributed by atoms with van der Waals surface area (Å²) in [5, 5.41) is 0. The molecule has 0 unspecified atom stereocenters. The number of carbonyl (C=O) groups excluding carboxylic acids is 1. The number of likely N-dealkylation sites (tertiary alicyclic amines) is 1. The van der Waals surface area contributed by atoms with Crippen molar-refractivity contribution in [1.82, 2.24) is 4.90 Å². The van der Waals surface area contributed by atoms with E-state index in [0.29, 0.717) is 18.9 Å². The maximum atomic E-state index is 12.2. The molecular weight excluding hydrogens is 250 g/mol. The molecule has 2 rings (SSSR count). The monoisotopic (exact) mass is 275 g/mol. The van der Waals surface area contributed by atoms with Gasteiger partial charge in [-0.15, -0.1) is 0 Å². The fourth-order valence-electron chi connectivity index (χ4n) is 2.70. The molecule has 0 N–H and O–H groups in total. The Morgan fingerprint density at radius 3 is 2.60 bits per heavy atom. The molecule has 0 aliphatic carbocycles. The van der Waals surface area contributed by atoms with E-state index in [0.717, 1.165) is 37.2 Å². The lowest BCUT2D eigenvalue weighted by molar-refractivity contribution is -0.129. The Kier molecular flexibility index (Phi) is 5.05. The fraction of sp³-hybridized carbons (Fsp3) is 0.588. The largest absolute Gasteiger partial charge is 0.494 e. The number of nitrogens with zero attached hydrogens (tertiary/aromatic N) is 1. The van der Waals surface area contributed by atoms with E-state index in [1.165, 1.54) is 5.56 Å². The van der Waals surface area contributed by atoms with E-state index in [2.05, 4.69) is 19.9 Å². The van der Waals surface area contributed by atoms with Gasteiger partial charge in [0.1, 0.15) is 5.75 Å². The quantitative estimate of drug-likeness (QED) is 0.824. The van der Waals surface area contributed by atoms with E-state index in [-0.39, 0.29) is 5.91 Å². The van der Waals surface area contributed by atoms with Crippen molar-refractivity contribution in [2.75, 3.05) is 19.7 Å². The molecule has 1 amide bonds. The van der Waals surface area contributed by atoms with E-state index >= 15 is 0 Å². The molecule has 1 saturated heterocycles. The van der Waals surface area contributed by atoms with Crippen LogP contribution >= 0.6 is 0 Å². The van der Waals surface area contributed by atoms with Crippen LogP contribution in [0.3, 0.4) is 0 Å². The lowest BCUT2D eigenvalue weighted by Gasteiger charge is -2.17. The van der Waals surface area contributed by atoms with Crippen molar-refractivity contribution in [3.8, 4) is 5.75 Å². The first kappa shape index (κ1) is 14.9. The van der Waals surface area contributed by atoms with E-state index in [1.54, 1.807) is 0 Å². The topological polar surface area (TPSA) is 29.5 Å². The van der Waals surface area contributed by atoms with Gasteiger partial charge in [-0.3, -0.25) is 4.79 Å². The standard InChI is InChI=1S/C17H25NO2/c1-4-20-16-8-7-14(11-15(16)13(2)3)12-17(19)18-9-5-6-10-18/h7-8,11,13H,4-6,9-10,12H2,1-3H3. The zero-order valence-electron chi connectivity index (χ0n) is 12.8. The molecule has 3 nitrogen and oxygen atoms in total. The number of carbonyl (C=O) groups is 1. The average molecular weight is 275 g/mol. The summed E-state index contributed by atoms with van der Waals surface area (Å²) in [6, 6.07) is 6.15. The Bertz CT molecular complexity index is 462. The Balaban J connectivity index is 2.11. The summed E-state index contributed by atoms with van der Waals surface area (Å²) in [5.41, 5.74) is 2.28. The molecule has 1 fully saturated rings. The van der Waals surface area contributed by atoms with Gasteiger partial charge in [0.05, 0.1) is 13.0 Å². The van der Waals surface area contributed by atoms with Crippen LogP contribution in [0.1, 0.15) is 50.7 Å². The van der Waals surface area contributed by atoms with Crippen molar-refractivity contribution >= 4 is 5.91 Å². The molecule has 0 atom stereocenters. The van der Waals surface area contributed by atoms with Gasteiger partial charge in [-0.25, -0.2) is 0 Å². The van der Waals surface area contributed by atoms with Gasteiger partial charge in [0.15, 0.2) is 0 Å². The van der Waals surface area contributed by atoms with Crippen molar-refractivity contribution in [1.29, 1.82) is 0 Å². The van der Waals surface area contributed by atoms with Crippen LogP contribution in [0, 0.1) is 0 Å². The van der Waals surface area contributed by atoms with Crippen LogP contribution in [0.4, 0.5) is 0 Å². The second kappa shape index (κ2) is 6.78. The number of rotatable bonds is 5. The minimum absolute atomic E-state index is 0.251. The highest BCUT2D eigenvalue weighted by Gasteiger charge is 2.18. The van der Waals surface area contributed by atoms with Crippen LogP contribution in [-0.2, 0) is 11.2 Å². The molecule has 1 aromatic carbocycles. The molecule has 1 aliphatic heterocycles. The normalized spacial score (nSPS) is 14.9. The predicted octanol–water partition coefficient (Wildman–Crippen LogP) is 3.37. The van der Waals surface area contributed by atoms with E-state index < -0.39 is 0 Å². The van der Waals surface area contributed by atoms with Crippen molar-refractivity contribution < 1.29 is 9.53 Å². The minimum atomic E-state index is 0.251. The smallest absolute Gasteiger partial charge is 0.226 e. The van der Waals surface area contributed by atoms with E-state index in [4.69, 9.17) is 4.74 Å². The van der Waals surface area contributed by atoms with Gasteiger partial charge in [-0.05, 0) is 42.9 Å². The highest BCUT2D eigenvalue weighted by Crippen LogP contribution is 2.28. The summed E-state index contributed by atoms with van der Waals surface area (Å²) in [4.78, 5) is 14.2. The molecule has 0 spiro atoms. The Morgan fingerprint density at radius 2 is 2.00 bits per heavy atom. The van der Waals surface area contributed by atoms with Crippen molar-refractivity contribution in [3.63, 3.8) is 0 Å². The van der Waals surface area contributed by atoms with Gasteiger partial charge in [0.2, 0.25) is 5.91 Å². The molecule has 0 aromatic heterocycles. The van der Waals surface area contributed by atoms with Crippen LogP contribution in [0.25, 0.3) is 0 Å². The highest BCUT2D eigenvalue weighted by atomic mass is 16.5. The molecule has 0 bridgehead atoms. The molecule has 110 valence electrons. The fourth-order valence-corrected chi connectivity index (χ4v) is 2.70. The lowest BCUT2D eigenvalue weighted by atomic mass is 9.98. The van der Waals surface area contributed by atoms with Crippen molar-refractivity contribution in [3.05, 3.63) is 29.3 Å². The maximum Gasteiger partial charge on any atom is 0.226 e. The Hall–Kier alpha value is -1.51. The van der Waals surface area contributed by atoms with Gasteiger partial charge in [-0.2, -0.15) is 0 Å². The molecule has 1 aliphatic rings. The predicted molar refractivity (Wildman–Crippen MR) is 81.2 cm³/mol. The third kappa shape index (κ3) is 3.53. The van der Waals surface area contributed by atoms with E-state index in [1.807, 2.05) is 24.0 Å². The molecule has 0 radical (unpaired) electrons. The van der Waals surface area contributed by atoms with Crippen LogP contribution in [-0.4, -0.2) is 30.5 Å². The third-order valence-electron chi connectivity index (χ3n) is 3.81. The first-order valence-electron chi connectivity index (χ1n) is 7.65. The molecule has 1 aromatic rings. The lowest BCUT2D eigenvalue weighted by Crippen LogP contribution is -2.29. The minimum Gasteiger partial charge on any atom is -0.494 e. The summed E-state index contributed by atoms with van der Waals surface area (Å²) >= 11 is 0. The summed E-state index contributed by atoms with van der Waals surface area (Å²) in [5.74, 6) is 1.60. The van der Waals surface area contributed by atoms with Crippen LogP contribution in [0.15, 0.2) is 18.2 Å². The SMILES string of the molecule is CCOc1ccc(CC(=O)N2CCCC2)cc1C(C)C. The summed E-state index contributed by atoms with van der Waals surface area (Å²) < 4.78 is 5.66. The van der Waals surface area contributed by atoms with Gasteiger partial charge < -0.3 is 9.64 Å². The number of ether oxygens (including phenoxy) is 1. The Morgan fingerprint density at radius 1 is 1.30 bits per heavy atom. The number of benzene rings is 1. The van der Waals surface area contributed by atoms with Gasteiger partial charge in [0, 0.05) is 13.1 Å². The van der Waals surface area contributed by atoms with Gasteiger partial charge >= 0.3 is 0 Å². The number of hydrogen-bond acceptors (Lipinski definition) is 2. The first-order valence-corrected chi connectivity index (χ1v) is 7.65.